The zero-order chi connectivity index (χ0) is 22.6. The topological polar surface area (TPSA) is 71.1 Å². The number of benzene rings is 1. The van der Waals surface area contributed by atoms with Crippen molar-refractivity contribution in [2.45, 2.75) is 65.3 Å². The number of nitrogens with zero attached hydrogens (tertiary/aromatic N) is 2. The van der Waals surface area contributed by atoms with Crippen LogP contribution in [0.15, 0.2) is 30.3 Å². The Morgan fingerprint density at radius 3 is 2.52 bits per heavy atom. The molecule has 1 N–H and O–H groups in total. The minimum atomic E-state index is -0.686. The van der Waals surface area contributed by atoms with Crippen LogP contribution in [0.25, 0.3) is 0 Å². The van der Waals surface area contributed by atoms with Crippen LogP contribution in [0.4, 0.5) is 4.79 Å². The first kappa shape index (κ1) is 23.5. The molecule has 2 heterocycles. The Labute approximate surface area is 186 Å². The Bertz CT molecular complexity index is 764. The van der Waals surface area contributed by atoms with Crippen LogP contribution in [0.2, 0.25) is 0 Å². The lowest BCUT2D eigenvalue weighted by atomic mass is 9.85. The molecule has 2 fully saturated rings. The van der Waals surface area contributed by atoms with Crippen LogP contribution in [-0.4, -0.2) is 72.3 Å². The largest absolute Gasteiger partial charge is 0.444 e. The number of carbonyl (C=O) groups is 2. The van der Waals surface area contributed by atoms with E-state index in [1.165, 1.54) is 5.56 Å². The van der Waals surface area contributed by atoms with Crippen molar-refractivity contribution in [3.63, 3.8) is 0 Å². The number of alkyl carbamates (subject to hydrolysis) is 1. The zero-order valence-corrected chi connectivity index (χ0v) is 19.5. The Kier molecular flexibility index (Phi) is 7.27. The first-order valence-corrected chi connectivity index (χ1v) is 11.3. The van der Waals surface area contributed by atoms with Crippen molar-refractivity contribution < 1.29 is 19.1 Å². The maximum atomic E-state index is 13.5. The molecule has 0 radical (unpaired) electrons. The average Bonchev–Trinajstić information content (AvgIpc) is 3.16. The minimum absolute atomic E-state index is 0.0290. The molecule has 7 heteroatoms. The Morgan fingerprint density at radius 1 is 1.16 bits per heavy atom. The van der Waals surface area contributed by atoms with Crippen molar-refractivity contribution in [2.24, 2.45) is 5.41 Å². The number of hydrogen-bond acceptors (Lipinski definition) is 5. The number of hydrogen-bond donors (Lipinski definition) is 1. The molecule has 3 atom stereocenters. The standard InChI is InChI=1S/C24H37N3O4/c1-6-24(5,17-25-22(29)31-23(2,3)4)21(28)27-15-19-20(16-27)30-13-12-26(19)14-18-10-8-7-9-11-18/h7-11,19-20H,6,12-17H2,1-5H3,(H,25,29)/t19-,20+,24+/m0/s1. The number of carbonyl (C=O) groups excluding carboxylic acids is 2. The van der Waals surface area contributed by atoms with Gasteiger partial charge in [-0.25, -0.2) is 4.79 Å². The highest BCUT2D eigenvalue weighted by Crippen LogP contribution is 2.30. The second kappa shape index (κ2) is 9.57. The van der Waals surface area contributed by atoms with E-state index in [-0.39, 0.29) is 24.6 Å². The fourth-order valence-electron chi connectivity index (χ4n) is 4.25. The molecule has 0 spiro atoms. The number of amides is 2. The number of nitrogens with one attached hydrogen (secondary N) is 1. The summed E-state index contributed by atoms with van der Waals surface area (Å²) < 4.78 is 11.4. The van der Waals surface area contributed by atoms with E-state index in [1.807, 2.05) is 45.6 Å². The van der Waals surface area contributed by atoms with Gasteiger partial charge in [0.25, 0.3) is 0 Å². The SMILES string of the molecule is CC[C@](C)(CNC(=O)OC(C)(C)C)C(=O)N1C[C@H]2OCCN(Cc3ccccc3)[C@H]2C1. The molecular weight excluding hydrogens is 394 g/mol. The first-order chi connectivity index (χ1) is 14.6. The van der Waals surface area contributed by atoms with Crippen molar-refractivity contribution in [1.82, 2.24) is 15.1 Å². The lowest BCUT2D eigenvalue weighted by Crippen LogP contribution is -2.50. The Morgan fingerprint density at radius 2 is 1.87 bits per heavy atom. The van der Waals surface area contributed by atoms with Crippen LogP contribution in [0.5, 0.6) is 0 Å². The van der Waals surface area contributed by atoms with E-state index < -0.39 is 17.1 Å². The van der Waals surface area contributed by atoms with Gasteiger partial charge < -0.3 is 19.7 Å². The maximum Gasteiger partial charge on any atom is 0.407 e. The van der Waals surface area contributed by atoms with Crippen LogP contribution in [-0.2, 0) is 20.8 Å². The van der Waals surface area contributed by atoms with Crippen LogP contribution >= 0.6 is 0 Å². The summed E-state index contributed by atoms with van der Waals surface area (Å²) >= 11 is 0. The molecule has 0 aromatic heterocycles. The van der Waals surface area contributed by atoms with Gasteiger partial charge in [-0.05, 0) is 39.7 Å². The van der Waals surface area contributed by atoms with Crippen molar-refractivity contribution >= 4 is 12.0 Å². The van der Waals surface area contributed by atoms with E-state index in [1.54, 1.807) is 0 Å². The van der Waals surface area contributed by atoms with Crippen LogP contribution in [0, 0.1) is 5.41 Å². The number of rotatable bonds is 6. The molecule has 1 aromatic rings. The fraction of sp³-hybridized carbons (Fsp3) is 0.667. The summed E-state index contributed by atoms with van der Waals surface area (Å²) in [6, 6.07) is 10.6. The predicted molar refractivity (Wildman–Crippen MR) is 120 cm³/mol. The zero-order valence-electron chi connectivity index (χ0n) is 19.5. The van der Waals surface area contributed by atoms with E-state index in [0.717, 1.165) is 13.1 Å². The third-order valence-corrected chi connectivity index (χ3v) is 6.25. The summed E-state index contributed by atoms with van der Waals surface area (Å²) in [5.41, 5.74) is 0.0168. The molecule has 0 bridgehead atoms. The van der Waals surface area contributed by atoms with Gasteiger partial charge in [0.15, 0.2) is 0 Å². The quantitative estimate of drug-likeness (QED) is 0.750. The van der Waals surface area contributed by atoms with Crippen LogP contribution < -0.4 is 5.32 Å². The van der Waals surface area contributed by atoms with Crippen LogP contribution in [0.3, 0.4) is 0 Å². The van der Waals surface area contributed by atoms with E-state index in [2.05, 4.69) is 34.5 Å². The summed E-state index contributed by atoms with van der Waals surface area (Å²) in [7, 11) is 0. The maximum absolute atomic E-state index is 13.5. The van der Waals surface area contributed by atoms with Gasteiger partial charge in [0.2, 0.25) is 5.91 Å². The van der Waals surface area contributed by atoms with Gasteiger partial charge >= 0.3 is 6.09 Å². The summed E-state index contributed by atoms with van der Waals surface area (Å²) in [5.74, 6) is 0.0590. The molecule has 2 amide bonds. The minimum Gasteiger partial charge on any atom is -0.444 e. The summed E-state index contributed by atoms with van der Waals surface area (Å²) in [6.07, 6.45) is 0.163. The van der Waals surface area contributed by atoms with Gasteiger partial charge in [0.1, 0.15) is 5.60 Å². The molecule has 2 saturated heterocycles. The Balaban J connectivity index is 1.62. The Hall–Kier alpha value is -2.12. The lowest BCUT2D eigenvalue weighted by molar-refractivity contribution is -0.140. The highest BCUT2D eigenvalue weighted by atomic mass is 16.6. The fourth-order valence-corrected chi connectivity index (χ4v) is 4.25. The molecule has 3 rings (SSSR count). The number of ether oxygens (including phenoxy) is 2. The van der Waals surface area contributed by atoms with Crippen LogP contribution in [0.1, 0.15) is 46.6 Å². The average molecular weight is 432 g/mol. The molecule has 2 aliphatic heterocycles. The van der Waals surface area contributed by atoms with Gasteiger partial charge in [0, 0.05) is 32.7 Å². The summed E-state index contributed by atoms with van der Waals surface area (Å²) in [4.78, 5) is 29.9. The van der Waals surface area contributed by atoms with Crippen molar-refractivity contribution in [2.75, 3.05) is 32.8 Å². The molecule has 2 aliphatic rings. The normalized spacial score (nSPS) is 23.7. The van der Waals surface area contributed by atoms with Crippen molar-refractivity contribution in [1.29, 1.82) is 0 Å². The molecule has 7 nitrogen and oxygen atoms in total. The molecule has 31 heavy (non-hydrogen) atoms. The van der Waals surface area contributed by atoms with Gasteiger partial charge in [-0.15, -0.1) is 0 Å². The lowest BCUT2D eigenvalue weighted by Gasteiger charge is -2.36. The van der Waals surface area contributed by atoms with Gasteiger partial charge in [-0.1, -0.05) is 37.3 Å². The van der Waals surface area contributed by atoms with Gasteiger partial charge in [-0.2, -0.15) is 0 Å². The number of fused-ring (bicyclic) bond motifs is 1. The van der Waals surface area contributed by atoms with E-state index in [4.69, 9.17) is 9.47 Å². The number of likely N-dealkylation sites (tertiary alicyclic amines) is 1. The molecule has 0 aliphatic carbocycles. The van der Waals surface area contributed by atoms with E-state index >= 15 is 0 Å². The predicted octanol–water partition coefficient (Wildman–Crippen LogP) is 3.04. The molecule has 1 aromatic carbocycles. The number of morpholine rings is 1. The van der Waals surface area contributed by atoms with Crippen molar-refractivity contribution in [3.8, 4) is 0 Å². The third-order valence-electron chi connectivity index (χ3n) is 6.25. The smallest absolute Gasteiger partial charge is 0.407 e. The first-order valence-electron chi connectivity index (χ1n) is 11.3. The second-order valence-electron chi connectivity index (χ2n) is 9.91. The third kappa shape index (κ3) is 5.98. The highest BCUT2D eigenvalue weighted by molar-refractivity contribution is 5.83. The summed E-state index contributed by atoms with van der Waals surface area (Å²) in [5, 5.41) is 2.79. The molecule has 172 valence electrons. The van der Waals surface area contributed by atoms with Gasteiger partial charge in [-0.3, -0.25) is 9.69 Å². The molecule has 0 unspecified atom stereocenters. The van der Waals surface area contributed by atoms with E-state index in [0.29, 0.717) is 26.1 Å². The van der Waals surface area contributed by atoms with E-state index in [9.17, 15) is 9.59 Å². The summed E-state index contributed by atoms with van der Waals surface area (Å²) in [6.45, 7) is 13.3. The highest BCUT2D eigenvalue weighted by Gasteiger charge is 2.45. The molecular formula is C24H37N3O4. The monoisotopic (exact) mass is 431 g/mol. The van der Waals surface area contributed by atoms with Gasteiger partial charge in [0.05, 0.1) is 24.2 Å². The molecule has 0 saturated carbocycles. The second-order valence-corrected chi connectivity index (χ2v) is 9.91. The van der Waals surface area contributed by atoms with Crippen molar-refractivity contribution in [3.05, 3.63) is 35.9 Å².